The van der Waals surface area contributed by atoms with Crippen LogP contribution in [0.4, 0.5) is 0 Å². The molecule has 2 bridgehead atoms. The Balaban J connectivity index is 1.56. The SMILES string of the molecule is CC(C)(C)[Si](C)(C)O[C@@H]1[C@H]2CC[C@@]34O[C@@H]3C(=O)CC[C@@]14C[C@H]1O[C@@H]1C2. The number of ketones is 1. The van der Waals surface area contributed by atoms with Gasteiger partial charge in [0.2, 0.25) is 0 Å². The van der Waals surface area contributed by atoms with E-state index in [1.165, 1.54) is 0 Å². The molecule has 0 aromatic carbocycles. The first-order valence-electron chi connectivity index (χ1n) is 10.1. The summed E-state index contributed by atoms with van der Waals surface area (Å²) < 4.78 is 19.4. The molecule has 5 fully saturated rings. The monoisotopic (exact) mass is 364 g/mol. The van der Waals surface area contributed by atoms with E-state index in [4.69, 9.17) is 13.9 Å². The number of Topliss-reactive ketones (excluding diaryl/α,β-unsaturated/α-hetero) is 1. The maximum atomic E-state index is 12.4. The number of carbonyl (C=O) groups excluding carboxylic acids is 1. The molecule has 7 atom stereocenters. The molecule has 3 saturated carbocycles. The van der Waals surface area contributed by atoms with E-state index in [-0.39, 0.29) is 28.3 Å². The Morgan fingerprint density at radius 2 is 1.96 bits per heavy atom. The fourth-order valence-electron chi connectivity index (χ4n) is 5.95. The summed E-state index contributed by atoms with van der Waals surface area (Å²) in [6, 6.07) is 0. The summed E-state index contributed by atoms with van der Waals surface area (Å²) in [6.45, 7) is 11.7. The van der Waals surface area contributed by atoms with Crippen LogP contribution in [0.1, 0.15) is 59.3 Å². The van der Waals surface area contributed by atoms with Gasteiger partial charge in [-0.25, -0.2) is 0 Å². The van der Waals surface area contributed by atoms with E-state index in [0.29, 0.717) is 30.3 Å². The summed E-state index contributed by atoms with van der Waals surface area (Å²) in [5, 5.41) is 0.200. The van der Waals surface area contributed by atoms with Crippen molar-refractivity contribution in [3.63, 3.8) is 0 Å². The number of carbonyl (C=O) groups is 1. The van der Waals surface area contributed by atoms with Gasteiger partial charge in [-0.15, -0.1) is 0 Å². The van der Waals surface area contributed by atoms with E-state index in [1.807, 2.05) is 0 Å². The van der Waals surface area contributed by atoms with E-state index < -0.39 is 8.32 Å². The highest BCUT2D eigenvalue weighted by molar-refractivity contribution is 6.74. The quantitative estimate of drug-likeness (QED) is 0.552. The fourth-order valence-corrected chi connectivity index (χ4v) is 7.36. The zero-order valence-electron chi connectivity index (χ0n) is 16.3. The first-order chi connectivity index (χ1) is 11.6. The van der Waals surface area contributed by atoms with Gasteiger partial charge in [0.05, 0.1) is 18.3 Å². The largest absolute Gasteiger partial charge is 0.413 e. The topological polar surface area (TPSA) is 51.4 Å². The lowest BCUT2D eigenvalue weighted by Gasteiger charge is -2.55. The average molecular weight is 365 g/mol. The Morgan fingerprint density at radius 1 is 1.20 bits per heavy atom. The highest BCUT2D eigenvalue weighted by Crippen LogP contribution is 2.70. The molecule has 0 radical (unpaired) electrons. The molecule has 140 valence electrons. The summed E-state index contributed by atoms with van der Waals surface area (Å²) in [6.07, 6.45) is 6.85. The zero-order valence-corrected chi connectivity index (χ0v) is 17.3. The summed E-state index contributed by atoms with van der Waals surface area (Å²) >= 11 is 0. The maximum Gasteiger partial charge on any atom is 0.192 e. The van der Waals surface area contributed by atoms with Crippen molar-refractivity contribution < 1.29 is 18.7 Å². The average Bonchev–Trinajstić information content (AvgIpc) is 3.38. The van der Waals surface area contributed by atoms with Crippen LogP contribution in [0.15, 0.2) is 0 Å². The number of ether oxygens (including phenoxy) is 2. The van der Waals surface area contributed by atoms with Crippen LogP contribution < -0.4 is 0 Å². The standard InChI is InChI=1S/C20H32O4Si/c1-18(2,3)25(4,5)24-16-12-6-9-20-17(23-20)13(21)7-8-19(16,20)11-15-14(10-12)22-15/h12,14-17H,6-11H2,1-5H3/t12-,14+,15+,16+,17+,19+,20+/m0/s1. The lowest BCUT2D eigenvalue weighted by molar-refractivity contribution is -0.132. The van der Waals surface area contributed by atoms with Gasteiger partial charge in [-0.05, 0) is 56.2 Å². The van der Waals surface area contributed by atoms with Crippen LogP contribution in [-0.2, 0) is 18.7 Å². The van der Waals surface area contributed by atoms with Crippen LogP contribution in [0.3, 0.4) is 0 Å². The van der Waals surface area contributed by atoms with Crippen molar-refractivity contribution in [2.45, 2.75) is 107 Å². The maximum absolute atomic E-state index is 12.4. The molecule has 2 heterocycles. The molecule has 0 aromatic rings. The molecule has 5 aliphatic rings. The van der Waals surface area contributed by atoms with Crippen molar-refractivity contribution >= 4 is 14.1 Å². The minimum Gasteiger partial charge on any atom is -0.413 e. The van der Waals surface area contributed by atoms with Crippen molar-refractivity contribution in [3.8, 4) is 0 Å². The fraction of sp³-hybridized carbons (Fsp3) is 0.950. The molecule has 25 heavy (non-hydrogen) atoms. The third-order valence-electron chi connectivity index (χ3n) is 8.52. The van der Waals surface area contributed by atoms with Crippen molar-refractivity contribution in [2.24, 2.45) is 11.3 Å². The molecule has 5 rings (SSSR count). The van der Waals surface area contributed by atoms with Gasteiger partial charge in [-0.1, -0.05) is 20.8 Å². The van der Waals surface area contributed by atoms with Crippen LogP contribution in [-0.4, -0.2) is 44.1 Å². The third kappa shape index (κ3) is 2.13. The highest BCUT2D eigenvalue weighted by atomic mass is 28.4. The summed E-state index contributed by atoms with van der Waals surface area (Å²) in [5.74, 6) is 0.892. The first kappa shape index (κ1) is 16.9. The summed E-state index contributed by atoms with van der Waals surface area (Å²) in [7, 11) is -1.88. The molecule has 0 amide bonds. The molecule has 2 saturated heterocycles. The van der Waals surface area contributed by atoms with Crippen LogP contribution >= 0.6 is 0 Å². The van der Waals surface area contributed by atoms with Crippen molar-refractivity contribution in [2.75, 3.05) is 0 Å². The molecule has 0 aromatic heterocycles. The normalized spacial score (nSPS) is 51.1. The Labute approximate surface area is 152 Å². The number of fused-ring (bicyclic) bond motifs is 2. The van der Waals surface area contributed by atoms with Crippen molar-refractivity contribution in [3.05, 3.63) is 0 Å². The Morgan fingerprint density at radius 3 is 2.68 bits per heavy atom. The second-order valence-corrected chi connectivity index (χ2v) is 15.5. The van der Waals surface area contributed by atoms with Gasteiger partial charge in [-0.3, -0.25) is 4.79 Å². The van der Waals surface area contributed by atoms with Crippen LogP contribution in [0.25, 0.3) is 0 Å². The van der Waals surface area contributed by atoms with E-state index in [1.54, 1.807) is 0 Å². The molecular formula is C20H32O4Si. The van der Waals surface area contributed by atoms with Crippen LogP contribution in [0.5, 0.6) is 0 Å². The molecule has 0 unspecified atom stereocenters. The predicted molar refractivity (Wildman–Crippen MR) is 97.0 cm³/mol. The molecule has 2 spiro atoms. The number of epoxide rings is 2. The highest BCUT2D eigenvalue weighted by Gasteiger charge is 2.79. The van der Waals surface area contributed by atoms with Gasteiger partial charge in [0, 0.05) is 11.8 Å². The first-order valence-corrected chi connectivity index (χ1v) is 13.0. The lowest BCUT2D eigenvalue weighted by atomic mass is 9.54. The Hall–Kier alpha value is -0.233. The van der Waals surface area contributed by atoms with Crippen molar-refractivity contribution in [1.29, 1.82) is 0 Å². The van der Waals surface area contributed by atoms with Gasteiger partial charge < -0.3 is 13.9 Å². The Kier molecular flexibility index (Phi) is 3.23. The van der Waals surface area contributed by atoms with Gasteiger partial charge in [0.15, 0.2) is 14.1 Å². The van der Waals surface area contributed by atoms with E-state index >= 15 is 0 Å². The second-order valence-electron chi connectivity index (χ2n) is 10.8. The predicted octanol–water partition coefficient (Wildman–Crippen LogP) is 3.83. The van der Waals surface area contributed by atoms with Crippen molar-refractivity contribution in [1.82, 2.24) is 0 Å². The van der Waals surface area contributed by atoms with Gasteiger partial charge in [0.25, 0.3) is 0 Å². The lowest BCUT2D eigenvalue weighted by Crippen LogP contribution is -2.62. The van der Waals surface area contributed by atoms with E-state index in [2.05, 4.69) is 33.9 Å². The molecule has 3 aliphatic carbocycles. The van der Waals surface area contributed by atoms with E-state index in [9.17, 15) is 4.79 Å². The minimum atomic E-state index is -1.88. The molecule has 0 N–H and O–H groups in total. The third-order valence-corrected chi connectivity index (χ3v) is 13.0. The summed E-state index contributed by atoms with van der Waals surface area (Å²) in [4.78, 5) is 12.4. The number of hydrogen-bond donors (Lipinski definition) is 0. The Bertz CT molecular complexity index is 626. The van der Waals surface area contributed by atoms with Gasteiger partial charge >= 0.3 is 0 Å². The number of rotatable bonds is 2. The van der Waals surface area contributed by atoms with E-state index in [0.717, 1.165) is 32.1 Å². The zero-order chi connectivity index (χ0) is 17.8. The van der Waals surface area contributed by atoms with Crippen LogP contribution in [0, 0.1) is 11.3 Å². The molecular weight excluding hydrogens is 332 g/mol. The van der Waals surface area contributed by atoms with Crippen LogP contribution in [0.2, 0.25) is 18.1 Å². The molecule has 2 aliphatic heterocycles. The van der Waals surface area contributed by atoms with Gasteiger partial charge in [0.1, 0.15) is 11.7 Å². The number of hydrogen-bond acceptors (Lipinski definition) is 4. The molecule has 5 heteroatoms. The smallest absolute Gasteiger partial charge is 0.192 e. The molecule has 4 nitrogen and oxygen atoms in total. The second kappa shape index (κ2) is 4.78. The summed E-state index contributed by atoms with van der Waals surface area (Å²) in [5.41, 5.74) is -0.230. The minimum absolute atomic E-state index is 0.0000694. The van der Waals surface area contributed by atoms with Gasteiger partial charge in [-0.2, -0.15) is 0 Å².